The summed E-state index contributed by atoms with van der Waals surface area (Å²) in [6.07, 6.45) is 0. The Hall–Kier alpha value is -2.64. The highest BCUT2D eigenvalue weighted by Gasteiger charge is 2.18. The first kappa shape index (κ1) is 21.1. The van der Waals surface area contributed by atoms with Crippen molar-refractivity contribution in [1.82, 2.24) is 20.4 Å². The Balaban J connectivity index is 1.67. The molecule has 0 radical (unpaired) electrons. The van der Waals surface area contributed by atoms with Crippen LogP contribution < -0.4 is 5.32 Å². The molecule has 0 saturated carbocycles. The summed E-state index contributed by atoms with van der Waals surface area (Å²) in [6.45, 7) is 4.38. The molecular formula is C22H26N4O2S. The van der Waals surface area contributed by atoms with Gasteiger partial charge in [0, 0.05) is 11.4 Å². The maximum absolute atomic E-state index is 12.9. The van der Waals surface area contributed by atoms with Gasteiger partial charge in [0.05, 0.1) is 17.4 Å². The highest BCUT2D eigenvalue weighted by atomic mass is 32.2. The third-order valence-corrected chi connectivity index (χ3v) is 5.65. The molecule has 1 heterocycles. The molecule has 0 aliphatic carbocycles. The molecular weight excluding hydrogens is 384 g/mol. The molecule has 152 valence electrons. The minimum atomic E-state index is -0.0891. The Morgan fingerprint density at radius 3 is 2.52 bits per heavy atom. The van der Waals surface area contributed by atoms with Crippen molar-refractivity contribution in [3.63, 3.8) is 0 Å². The number of hydrogen-bond acceptors (Lipinski definition) is 6. The molecule has 0 bridgehead atoms. The van der Waals surface area contributed by atoms with E-state index < -0.39 is 0 Å². The Morgan fingerprint density at radius 1 is 1.14 bits per heavy atom. The van der Waals surface area contributed by atoms with Crippen molar-refractivity contribution in [2.24, 2.45) is 0 Å². The smallest absolute Gasteiger partial charge is 0.252 e. The van der Waals surface area contributed by atoms with E-state index in [0.29, 0.717) is 29.6 Å². The minimum Gasteiger partial charge on any atom is -0.350 e. The molecule has 1 N–H and O–H groups in total. The molecule has 1 amide bonds. The van der Waals surface area contributed by atoms with Crippen LogP contribution in [0.2, 0.25) is 0 Å². The SMILES string of the molecule is Cc1ccc(C(CNC(=O)c2ccccc2SCc2nc(C)no2)N(C)C)cc1. The molecule has 0 aliphatic rings. The summed E-state index contributed by atoms with van der Waals surface area (Å²) in [6, 6.07) is 16.1. The van der Waals surface area contributed by atoms with Crippen molar-refractivity contribution >= 4 is 17.7 Å². The Kier molecular flexibility index (Phi) is 7.06. The Bertz CT molecular complexity index is 953. The van der Waals surface area contributed by atoms with E-state index in [-0.39, 0.29) is 11.9 Å². The van der Waals surface area contributed by atoms with Crippen LogP contribution in [0, 0.1) is 13.8 Å². The quantitative estimate of drug-likeness (QED) is 0.566. The summed E-state index contributed by atoms with van der Waals surface area (Å²) >= 11 is 1.51. The normalized spacial score (nSPS) is 12.2. The molecule has 0 spiro atoms. The van der Waals surface area contributed by atoms with E-state index >= 15 is 0 Å². The average molecular weight is 411 g/mol. The number of rotatable bonds is 8. The average Bonchev–Trinajstić information content (AvgIpc) is 3.13. The second kappa shape index (κ2) is 9.71. The third-order valence-electron chi connectivity index (χ3n) is 4.59. The van der Waals surface area contributed by atoms with E-state index in [0.717, 1.165) is 4.90 Å². The number of benzene rings is 2. The van der Waals surface area contributed by atoms with Gasteiger partial charge in [-0.2, -0.15) is 4.98 Å². The van der Waals surface area contributed by atoms with Crippen molar-refractivity contribution in [2.45, 2.75) is 30.5 Å². The van der Waals surface area contributed by atoms with E-state index in [1.807, 2.05) is 38.4 Å². The van der Waals surface area contributed by atoms with E-state index in [4.69, 9.17) is 4.52 Å². The molecule has 7 heteroatoms. The first-order valence-corrected chi connectivity index (χ1v) is 10.4. The molecule has 29 heavy (non-hydrogen) atoms. The summed E-state index contributed by atoms with van der Waals surface area (Å²) in [4.78, 5) is 20.1. The molecule has 3 aromatic rings. The number of thioether (sulfide) groups is 1. The van der Waals surface area contributed by atoms with Crippen LogP contribution in [0.25, 0.3) is 0 Å². The van der Waals surface area contributed by atoms with Gasteiger partial charge in [-0.25, -0.2) is 0 Å². The van der Waals surface area contributed by atoms with Gasteiger partial charge < -0.3 is 14.7 Å². The number of amides is 1. The van der Waals surface area contributed by atoms with E-state index in [1.54, 1.807) is 6.92 Å². The van der Waals surface area contributed by atoms with Gasteiger partial charge >= 0.3 is 0 Å². The summed E-state index contributed by atoms with van der Waals surface area (Å²) in [5.41, 5.74) is 3.04. The first-order valence-electron chi connectivity index (χ1n) is 9.46. The second-order valence-corrected chi connectivity index (χ2v) is 8.14. The summed E-state index contributed by atoms with van der Waals surface area (Å²) < 4.78 is 5.16. The van der Waals surface area contributed by atoms with Crippen LogP contribution in [0.5, 0.6) is 0 Å². The summed E-state index contributed by atoms with van der Waals surface area (Å²) in [7, 11) is 4.04. The number of nitrogens with zero attached hydrogens (tertiary/aromatic N) is 3. The standard InChI is InChI=1S/C22H26N4O2S/c1-15-9-11-17(12-10-15)19(26(3)4)13-23-22(27)18-7-5-6-8-20(18)29-14-21-24-16(2)25-28-21/h5-12,19H,13-14H2,1-4H3,(H,23,27). The molecule has 0 aliphatic heterocycles. The van der Waals surface area contributed by atoms with Crippen LogP contribution in [0.15, 0.2) is 57.9 Å². The van der Waals surface area contributed by atoms with Gasteiger partial charge in [0.15, 0.2) is 5.82 Å². The topological polar surface area (TPSA) is 71.3 Å². The number of carbonyl (C=O) groups excluding carboxylic acids is 1. The predicted molar refractivity (Wildman–Crippen MR) is 115 cm³/mol. The van der Waals surface area contributed by atoms with Crippen molar-refractivity contribution in [1.29, 1.82) is 0 Å². The van der Waals surface area contributed by atoms with Gasteiger partial charge in [0.1, 0.15) is 0 Å². The number of likely N-dealkylation sites (N-methyl/N-ethyl adjacent to an activating group) is 1. The number of carbonyl (C=O) groups is 1. The fraction of sp³-hybridized carbons (Fsp3) is 0.318. The largest absolute Gasteiger partial charge is 0.350 e. The van der Waals surface area contributed by atoms with Gasteiger partial charge in [0.2, 0.25) is 5.89 Å². The summed E-state index contributed by atoms with van der Waals surface area (Å²) in [5, 5.41) is 6.89. The van der Waals surface area contributed by atoms with Crippen LogP contribution in [0.4, 0.5) is 0 Å². The van der Waals surface area contributed by atoms with Crippen LogP contribution in [-0.4, -0.2) is 41.6 Å². The lowest BCUT2D eigenvalue weighted by Gasteiger charge is -2.25. The lowest BCUT2D eigenvalue weighted by Crippen LogP contribution is -2.34. The Morgan fingerprint density at radius 2 is 1.86 bits per heavy atom. The maximum Gasteiger partial charge on any atom is 0.252 e. The van der Waals surface area contributed by atoms with Crippen molar-refractivity contribution < 1.29 is 9.32 Å². The fourth-order valence-electron chi connectivity index (χ4n) is 2.99. The number of aromatic nitrogens is 2. The highest BCUT2D eigenvalue weighted by Crippen LogP contribution is 2.26. The van der Waals surface area contributed by atoms with Crippen molar-refractivity contribution in [3.05, 3.63) is 76.9 Å². The molecule has 1 aromatic heterocycles. The zero-order valence-corrected chi connectivity index (χ0v) is 18.0. The third kappa shape index (κ3) is 5.68. The lowest BCUT2D eigenvalue weighted by atomic mass is 10.0. The van der Waals surface area contributed by atoms with E-state index in [1.165, 1.54) is 22.9 Å². The maximum atomic E-state index is 12.9. The zero-order chi connectivity index (χ0) is 20.8. The molecule has 0 fully saturated rings. The second-order valence-electron chi connectivity index (χ2n) is 7.12. The zero-order valence-electron chi connectivity index (χ0n) is 17.2. The number of aryl methyl sites for hydroxylation is 2. The molecule has 1 unspecified atom stereocenters. The fourth-order valence-corrected chi connectivity index (χ4v) is 3.88. The summed E-state index contributed by atoms with van der Waals surface area (Å²) in [5.74, 6) is 1.59. The van der Waals surface area contributed by atoms with Crippen LogP contribution in [0.3, 0.4) is 0 Å². The van der Waals surface area contributed by atoms with Crippen LogP contribution in [0.1, 0.15) is 39.2 Å². The van der Waals surface area contributed by atoms with Gasteiger partial charge in [0.25, 0.3) is 5.91 Å². The van der Waals surface area contributed by atoms with Gasteiger partial charge in [-0.1, -0.05) is 47.1 Å². The van der Waals surface area contributed by atoms with Crippen molar-refractivity contribution in [3.8, 4) is 0 Å². The van der Waals surface area contributed by atoms with Gasteiger partial charge in [-0.15, -0.1) is 11.8 Å². The van der Waals surface area contributed by atoms with Crippen molar-refractivity contribution in [2.75, 3.05) is 20.6 Å². The van der Waals surface area contributed by atoms with Gasteiger partial charge in [-0.3, -0.25) is 4.79 Å². The van der Waals surface area contributed by atoms with Crippen LogP contribution >= 0.6 is 11.8 Å². The highest BCUT2D eigenvalue weighted by molar-refractivity contribution is 7.98. The molecule has 1 atom stereocenters. The molecule has 2 aromatic carbocycles. The number of nitrogens with one attached hydrogen (secondary N) is 1. The van der Waals surface area contributed by atoms with Crippen LogP contribution in [-0.2, 0) is 5.75 Å². The molecule has 3 rings (SSSR count). The van der Waals surface area contributed by atoms with Gasteiger partial charge in [-0.05, 0) is 45.6 Å². The molecule has 6 nitrogen and oxygen atoms in total. The Labute approximate surface area is 175 Å². The monoisotopic (exact) mass is 410 g/mol. The van der Waals surface area contributed by atoms with E-state index in [2.05, 4.69) is 51.5 Å². The lowest BCUT2D eigenvalue weighted by molar-refractivity contribution is 0.0939. The minimum absolute atomic E-state index is 0.0891. The predicted octanol–water partition coefficient (Wildman–Crippen LogP) is 4.01. The van der Waals surface area contributed by atoms with E-state index in [9.17, 15) is 4.79 Å². The molecule has 0 saturated heterocycles. The first-order chi connectivity index (χ1) is 13.9. The number of hydrogen-bond donors (Lipinski definition) is 1.